The SMILES string of the molecule is O=C(CNC(=O)C1c2ccccc2Oc2ccccc21)N[C@H]1C[C@H]2CC[C@@H](C1)N2Cc1ccc(Cl)cc1. The topological polar surface area (TPSA) is 70.7 Å². The number of para-hydroxylation sites is 2. The van der Waals surface area contributed by atoms with Crippen LogP contribution in [0.5, 0.6) is 11.5 Å². The van der Waals surface area contributed by atoms with Crippen molar-refractivity contribution in [2.45, 2.75) is 56.3 Å². The van der Waals surface area contributed by atoms with Crippen LogP contribution in [0.4, 0.5) is 0 Å². The van der Waals surface area contributed by atoms with Crippen molar-refractivity contribution in [3.8, 4) is 11.5 Å². The van der Waals surface area contributed by atoms with Crippen LogP contribution in [0.15, 0.2) is 72.8 Å². The molecule has 2 saturated heterocycles. The second-order valence-corrected chi connectivity index (χ2v) is 10.7. The highest BCUT2D eigenvalue weighted by Crippen LogP contribution is 2.44. The lowest BCUT2D eigenvalue weighted by Crippen LogP contribution is -2.51. The molecule has 7 heteroatoms. The second kappa shape index (κ2) is 10.2. The average molecular weight is 516 g/mol. The van der Waals surface area contributed by atoms with Gasteiger partial charge in [-0.2, -0.15) is 0 Å². The molecule has 2 amide bonds. The summed E-state index contributed by atoms with van der Waals surface area (Å²) < 4.78 is 5.99. The molecule has 2 bridgehead atoms. The third-order valence-electron chi connectivity index (χ3n) is 7.89. The molecule has 3 aromatic rings. The summed E-state index contributed by atoms with van der Waals surface area (Å²) >= 11 is 6.04. The number of benzene rings is 3. The van der Waals surface area contributed by atoms with E-state index < -0.39 is 5.92 Å². The molecule has 37 heavy (non-hydrogen) atoms. The summed E-state index contributed by atoms with van der Waals surface area (Å²) in [6.45, 7) is 0.873. The van der Waals surface area contributed by atoms with Crippen LogP contribution in [0.3, 0.4) is 0 Å². The van der Waals surface area contributed by atoms with E-state index in [4.69, 9.17) is 16.3 Å². The first-order chi connectivity index (χ1) is 18.0. The van der Waals surface area contributed by atoms with E-state index in [1.165, 1.54) is 5.56 Å². The molecule has 190 valence electrons. The molecule has 3 aliphatic rings. The summed E-state index contributed by atoms with van der Waals surface area (Å²) in [4.78, 5) is 28.7. The molecule has 3 heterocycles. The molecule has 3 aliphatic heterocycles. The Hall–Kier alpha value is -3.35. The maximum Gasteiger partial charge on any atom is 0.239 e. The number of rotatable bonds is 6. The van der Waals surface area contributed by atoms with Gasteiger partial charge in [-0.05, 0) is 55.5 Å². The third-order valence-corrected chi connectivity index (χ3v) is 8.15. The molecule has 2 N–H and O–H groups in total. The van der Waals surface area contributed by atoms with Crippen LogP contribution in [-0.4, -0.2) is 41.4 Å². The molecule has 0 unspecified atom stereocenters. The minimum Gasteiger partial charge on any atom is -0.457 e. The molecule has 6 nitrogen and oxygen atoms in total. The van der Waals surface area contributed by atoms with Crippen molar-refractivity contribution in [1.29, 1.82) is 0 Å². The number of hydrogen-bond donors (Lipinski definition) is 2. The Balaban J connectivity index is 1.05. The Kier molecular flexibility index (Phi) is 6.61. The number of carbonyl (C=O) groups is 2. The van der Waals surface area contributed by atoms with E-state index in [2.05, 4.69) is 27.7 Å². The van der Waals surface area contributed by atoms with Crippen LogP contribution in [0.2, 0.25) is 5.02 Å². The largest absolute Gasteiger partial charge is 0.457 e. The quantitative estimate of drug-likeness (QED) is 0.484. The molecular weight excluding hydrogens is 486 g/mol. The monoisotopic (exact) mass is 515 g/mol. The summed E-state index contributed by atoms with van der Waals surface area (Å²) in [6, 6.07) is 24.3. The molecule has 3 aromatic carbocycles. The van der Waals surface area contributed by atoms with E-state index in [1.807, 2.05) is 60.7 Å². The van der Waals surface area contributed by atoms with E-state index in [1.54, 1.807) is 0 Å². The second-order valence-electron chi connectivity index (χ2n) is 10.2. The molecule has 0 aromatic heterocycles. The predicted molar refractivity (Wildman–Crippen MR) is 143 cm³/mol. The number of carbonyl (C=O) groups excluding carboxylic acids is 2. The van der Waals surface area contributed by atoms with Crippen LogP contribution in [-0.2, 0) is 16.1 Å². The number of amides is 2. The van der Waals surface area contributed by atoms with Gasteiger partial charge in [0.2, 0.25) is 11.8 Å². The fourth-order valence-corrected chi connectivity index (χ4v) is 6.32. The van der Waals surface area contributed by atoms with Crippen molar-refractivity contribution in [3.05, 3.63) is 94.5 Å². The fourth-order valence-electron chi connectivity index (χ4n) is 6.19. The normalized spacial score (nSPS) is 22.5. The number of nitrogens with one attached hydrogen (secondary N) is 2. The van der Waals surface area contributed by atoms with E-state index in [0.29, 0.717) is 23.6 Å². The highest BCUT2D eigenvalue weighted by Gasteiger charge is 2.41. The van der Waals surface area contributed by atoms with Gasteiger partial charge in [0.25, 0.3) is 0 Å². The van der Waals surface area contributed by atoms with Crippen LogP contribution >= 0.6 is 11.6 Å². The fraction of sp³-hybridized carbons (Fsp3) is 0.333. The lowest BCUT2D eigenvalue weighted by Gasteiger charge is -2.39. The van der Waals surface area contributed by atoms with Gasteiger partial charge in [-0.15, -0.1) is 0 Å². The van der Waals surface area contributed by atoms with Crippen LogP contribution in [0.25, 0.3) is 0 Å². The minimum absolute atomic E-state index is 0.0408. The van der Waals surface area contributed by atoms with Crippen molar-refractivity contribution in [2.24, 2.45) is 0 Å². The Morgan fingerprint density at radius 1 is 0.865 bits per heavy atom. The summed E-state index contributed by atoms with van der Waals surface area (Å²) in [6.07, 6.45) is 4.18. The average Bonchev–Trinajstić information content (AvgIpc) is 3.13. The van der Waals surface area contributed by atoms with Gasteiger partial charge in [0.1, 0.15) is 11.5 Å². The predicted octanol–water partition coefficient (Wildman–Crippen LogP) is 5.01. The smallest absolute Gasteiger partial charge is 0.239 e. The van der Waals surface area contributed by atoms with E-state index in [-0.39, 0.29) is 24.4 Å². The maximum absolute atomic E-state index is 13.3. The van der Waals surface area contributed by atoms with Gasteiger partial charge in [0.15, 0.2) is 0 Å². The van der Waals surface area contributed by atoms with E-state index in [0.717, 1.165) is 48.4 Å². The van der Waals surface area contributed by atoms with Gasteiger partial charge in [-0.1, -0.05) is 60.1 Å². The molecule has 0 radical (unpaired) electrons. The van der Waals surface area contributed by atoms with Crippen LogP contribution in [0, 0.1) is 0 Å². The minimum atomic E-state index is -0.513. The van der Waals surface area contributed by atoms with Crippen LogP contribution in [0.1, 0.15) is 48.3 Å². The highest BCUT2D eigenvalue weighted by molar-refractivity contribution is 6.30. The van der Waals surface area contributed by atoms with Crippen molar-refractivity contribution >= 4 is 23.4 Å². The Labute approximate surface area is 222 Å². The first-order valence-corrected chi connectivity index (χ1v) is 13.4. The first kappa shape index (κ1) is 24.0. The summed E-state index contributed by atoms with van der Waals surface area (Å²) in [5, 5.41) is 6.82. The van der Waals surface area contributed by atoms with Gasteiger partial charge in [0, 0.05) is 40.8 Å². The Morgan fingerprint density at radius 2 is 1.46 bits per heavy atom. The standard InChI is InChI=1S/C30H30ClN3O3/c31-20-11-9-19(10-12-20)18-34-22-13-14-23(34)16-21(15-22)33-28(35)17-32-30(36)29-24-5-1-3-7-26(24)37-27-8-4-2-6-25(27)29/h1-12,21-23,29H,13-18H2,(H,32,36)(H,33,35)/t21-,22+,23-. The number of fused-ring (bicyclic) bond motifs is 4. The van der Waals surface area contributed by atoms with Gasteiger partial charge in [-0.3, -0.25) is 14.5 Å². The molecule has 3 atom stereocenters. The molecule has 0 aliphatic carbocycles. The number of piperidine rings is 1. The van der Waals surface area contributed by atoms with Gasteiger partial charge >= 0.3 is 0 Å². The number of nitrogens with zero attached hydrogens (tertiary/aromatic N) is 1. The number of hydrogen-bond acceptors (Lipinski definition) is 4. The highest BCUT2D eigenvalue weighted by atomic mass is 35.5. The van der Waals surface area contributed by atoms with Crippen LogP contribution < -0.4 is 15.4 Å². The van der Waals surface area contributed by atoms with Gasteiger partial charge in [-0.25, -0.2) is 0 Å². The van der Waals surface area contributed by atoms with Gasteiger partial charge < -0.3 is 15.4 Å². The Morgan fingerprint density at radius 3 is 2.08 bits per heavy atom. The molecule has 0 saturated carbocycles. The number of halogens is 1. The molecule has 6 rings (SSSR count). The number of ether oxygens (including phenoxy) is 1. The van der Waals surface area contributed by atoms with E-state index in [9.17, 15) is 9.59 Å². The molecule has 0 spiro atoms. The van der Waals surface area contributed by atoms with Gasteiger partial charge in [0.05, 0.1) is 12.5 Å². The van der Waals surface area contributed by atoms with Crippen molar-refractivity contribution in [2.75, 3.05) is 6.54 Å². The third kappa shape index (κ3) is 4.96. The van der Waals surface area contributed by atoms with E-state index >= 15 is 0 Å². The summed E-state index contributed by atoms with van der Waals surface area (Å²) in [7, 11) is 0. The molecular formula is C30H30ClN3O3. The van der Waals surface area contributed by atoms with Crippen molar-refractivity contribution in [3.63, 3.8) is 0 Å². The Bertz CT molecular complexity index is 1250. The van der Waals surface area contributed by atoms with Crippen molar-refractivity contribution < 1.29 is 14.3 Å². The van der Waals surface area contributed by atoms with Crippen molar-refractivity contribution in [1.82, 2.24) is 15.5 Å². The maximum atomic E-state index is 13.3. The first-order valence-electron chi connectivity index (χ1n) is 13.0. The lowest BCUT2D eigenvalue weighted by atomic mass is 9.87. The lowest BCUT2D eigenvalue weighted by molar-refractivity contribution is -0.127. The molecule has 2 fully saturated rings. The zero-order valence-corrected chi connectivity index (χ0v) is 21.3. The zero-order chi connectivity index (χ0) is 25.4. The summed E-state index contributed by atoms with van der Waals surface area (Å²) in [5.41, 5.74) is 2.88. The summed E-state index contributed by atoms with van der Waals surface area (Å²) in [5.74, 6) is 0.493. The zero-order valence-electron chi connectivity index (χ0n) is 20.5.